The third kappa shape index (κ3) is 69.1. The molecular weight excluding hydrogens is 1020 g/mol. The molecule has 0 saturated heterocycles. The van der Waals surface area contributed by atoms with E-state index >= 15 is 0 Å². The van der Waals surface area contributed by atoms with E-state index in [-0.39, 0.29) is 18.5 Å². The minimum atomic E-state index is -0.845. The van der Waals surface area contributed by atoms with Crippen LogP contribution >= 0.6 is 0 Å². The van der Waals surface area contributed by atoms with Gasteiger partial charge in [-0.1, -0.05) is 378 Å². The first kappa shape index (κ1) is 81.1. The van der Waals surface area contributed by atoms with Crippen molar-refractivity contribution < 1.29 is 24.5 Å². The predicted molar refractivity (Wildman–Crippen MR) is 366 cm³/mol. The average molecular weight is 1170 g/mol. The molecule has 0 radical (unpaired) electrons. The molecule has 0 saturated carbocycles. The van der Waals surface area contributed by atoms with Gasteiger partial charge in [0.15, 0.2) is 0 Å². The third-order valence-corrected chi connectivity index (χ3v) is 17.7. The number of nitrogens with one attached hydrogen (secondary N) is 1. The van der Waals surface area contributed by atoms with E-state index in [0.29, 0.717) is 19.4 Å². The Morgan fingerprint density at radius 3 is 0.916 bits per heavy atom. The monoisotopic (exact) mass is 1170 g/mol. The van der Waals surface area contributed by atoms with E-state index < -0.39 is 12.1 Å². The minimum Gasteiger partial charge on any atom is -0.466 e. The molecule has 0 bridgehead atoms. The number of hydrogen-bond donors (Lipinski definition) is 3. The van der Waals surface area contributed by atoms with Crippen LogP contribution in [0, 0.1) is 0 Å². The van der Waals surface area contributed by atoms with Crippen molar-refractivity contribution in [2.75, 3.05) is 13.2 Å². The van der Waals surface area contributed by atoms with Gasteiger partial charge in [-0.2, -0.15) is 0 Å². The maximum atomic E-state index is 12.5. The van der Waals surface area contributed by atoms with Crippen LogP contribution in [0.4, 0.5) is 0 Å². The Morgan fingerprint density at radius 2 is 0.602 bits per heavy atom. The summed E-state index contributed by atoms with van der Waals surface area (Å²) in [6.45, 7) is 4.94. The van der Waals surface area contributed by atoms with E-state index in [1.807, 2.05) is 6.08 Å². The molecule has 0 fully saturated rings. The topological polar surface area (TPSA) is 95.9 Å². The van der Waals surface area contributed by atoms with Crippen molar-refractivity contribution in [3.05, 3.63) is 36.5 Å². The van der Waals surface area contributed by atoms with Crippen molar-refractivity contribution >= 4 is 11.9 Å². The molecule has 0 spiro atoms. The van der Waals surface area contributed by atoms with Crippen molar-refractivity contribution in [1.29, 1.82) is 0 Å². The Balaban J connectivity index is 3.39. The second-order valence-electron chi connectivity index (χ2n) is 26.0. The van der Waals surface area contributed by atoms with Gasteiger partial charge in [0.1, 0.15) is 0 Å². The van der Waals surface area contributed by atoms with Gasteiger partial charge in [-0.15, -0.1) is 0 Å². The lowest BCUT2D eigenvalue weighted by Crippen LogP contribution is -2.45. The van der Waals surface area contributed by atoms with Gasteiger partial charge in [-0.3, -0.25) is 9.59 Å². The van der Waals surface area contributed by atoms with Gasteiger partial charge in [0.25, 0.3) is 0 Å². The van der Waals surface area contributed by atoms with E-state index in [2.05, 4.69) is 43.5 Å². The van der Waals surface area contributed by atoms with Crippen molar-refractivity contribution in [1.82, 2.24) is 5.32 Å². The molecule has 2 atom stereocenters. The maximum absolute atomic E-state index is 12.5. The first-order valence-corrected chi connectivity index (χ1v) is 37.8. The predicted octanol–water partition coefficient (Wildman–Crippen LogP) is 24.7. The van der Waals surface area contributed by atoms with E-state index in [9.17, 15) is 19.8 Å². The number of carbonyl (C=O) groups excluding carboxylic acids is 2. The molecular formula is C77H147NO5. The van der Waals surface area contributed by atoms with Crippen LogP contribution in [0.15, 0.2) is 36.5 Å². The van der Waals surface area contributed by atoms with E-state index in [4.69, 9.17) is 4.74 Å². The normalized spacial score (nSPS) is 12.7. The number of aliphatic hydroxyl groups is 2. The van der Waals surface area contributed by atoms with Crippen LogP contribution in [-0.4, -0.2) is 47.4 Å². The fraction of sp³-hybridized carbons (Fsp3) is 0.896. The molecule has 0 aliphatic rings. The lowest BCUT2D eigenvalue weighted by atomic mass is 10.0. The zero-order valence-electron chi connectivity index (χ0n) is 56.2. The molecule has 6 nitrogen and oxygen atoms in total. The number of allylic oxidation sites excluding steroid dienone is 5. The second-order valence-corrected chi connectivity index (χ2v) is 26.0. The molecule has 1 amide bonds. The molecule has 0 heterocycles. The highest BCUT2D eigenvalue weighted by Crippen LogP contribution is 2.19. The summed E-state index contributed by atoms with van der Waals surface area (Å²) < 4.78 is 5.51. The van der Waals surface area contributed by atoms with Gasteiger partial charge in [-0.25, -0.2) is 0 Å². The van der Waals surface area contributed by atoms with Gasteiger partial charge < -0.3 is 20.3 Å². The Hall–Kier alpha value is -1.92. The van der Waals surface area contributed by atoms with E-state index in [1.165, 1.54) is 347 Å². The van der Waals surface area contributed by atoms with Crippen molar-refractivity contribution in [2.24, 2.45) is 0 Å². The zero-order chi connectivity index (χ0) is 59.9. The second kappa shape index (κ2) is 72.6. The highest BCUT2D eigenvalue weighted by atomic mass is 16.5. The standard InChI is InChI=1S/C77H147NO5/c1-3-5-7-9-11-13-15-17-19-21-39-43-47-51-55-59-63-67-71-77(82)83-72-68-64-60-56-52-48-44-40-36-34-32-30-28-26-24-22-23-25-27-29-31-33-35-38-42-46-50-54-58-62-66-70-76(81)78-74(73-79)75(80)69-65-61-57-53-49-45-41-37-20-18-16-14-12-10-8-6-4-2/h24,26,30,32,65,69,74-75,79-80H,3-23,25,27-29,31,33-64,66-68,70-73H2,1-2H3,(H,78,81)/b26-24-,32-30-,69-65+. The first-order valence-electron chi connectivity index (χ1n) is 37.8. The van der Waals surface area contributed by atoms with Crippen LogP contribution in [0.5, 0.6) is 0 Å². The Bertz CT molecular complexity index is 1340. The van der Waals surface area contributed by atoms with Crippen LogP contribution in [0.25, 0.3) is 0 Å². The van der Waals surface area contributed by atoms with Crippen LogP contribution in [0.2, 0.25) is 0 Å². The number of rotatable bonds is 71. The fourth-order valence-electron chi connectivity index (χ4n) is 11.9. The molecule has 0 aromatic carbocycles. The summed E-state index contributed by atoms with van der Waals surface area (Å²) >= 11 is 0. The van der Waals surface area contributed by atoms with E-state index in [0.717, 1.165) is 44.9 Å². The number of ether oxygens (including phenoxy) is 1. The van der Waals surface area contributed by atoms with Gasteiger partial charge in [0.05, 0.1) is 25.4 Å². The van der Waals surface area contributed by atoms with Crippen LogP contribution < -0.4 is 5.32 Å². The number of carbonyl (C=O) groups is 2. The van der Waals surface area contributed by atoms with Crippen molar-refractivity contribution in [3.8, 4) is 0 Å². The molecule has 0 aromatic rings. The molecule has 0 aliphatic carbocycles. The quantitative estimate of drug-likeness (QED) is 0.0320. The SMILES string of the molecule is CCCCCCCCCCCCCCCCC/C=C/C(O)C(CO)NC(=O)CCCCCCCCCCCCCCCCC/C=C\C/C=C\CCCCCCCCCCCOC(=O)CCCCCCCCCCCCCCCCCCCC. The molecule has 2 unspecified atom stereocenters. The lowest BCUT2D eigenvalue weighted by molar-refractivity contribution is -0.143. The molecule has 3 N–H and O–H groups in total. The van der Waals surface area contributed by atoms with E-state index in [1.54, 1.807) is 6.08 Å². The highest BCUT2D eigenvalue weighted by molar-refractivity contribution is 5.76. The summed E-state index contributed by atoms with van der Waals surface area (Å²) in [5.41, 5.74) is 0. The number of amides is 1. The van der Waals surface area contributed by atoms with Gasteiger partial charge in [-0.05, 0) is 64.2 Å². The highest BCUT2D eigenvalue weighted by Gasteiger charge is 2.18. The van der Waals surface area contributed by atoms with Crippen molar-refractivity contribution in [3.63, 3.8) is 0 Å². The molecule has 6 heteroatoms. The largest absolute Gasteiger partial charge is 0.466 e. The number of unbranched alkanes of at least 4 members (excludes halogenated alkanes) is 56. The van der Waals surface area contributed by atoms with Crippen LogP contribution in [-0.2, 0) is 14.3 Å². The summed E-state index contributed by atoms with van der Waals surface area (Å²) in [6, 6.07) is -0.628. The summed E-state index contributed by atoms with van der Waals surface area (Å²) in [5.74, 6) is -0.0464. The number of esters is 1. The molecule has 83 heavy (non-hydrogen) atoms. The lowest BCUT2D eigenvalue weighted by Gasteiger charge is -2.20. The maximum Gasteiger partial charge on any atom is 0.305 e. The zero-order valence-corrected chi connectivity index (χ0v) is 56.2. The smallest absolute Gasteiger partial charge is 0.305 e. The Labute approximate surface area is 519 Å². The number of aliphatic hydroxyl groups excluding tert-OH is 2. The van der Waals surface area contributed by atoms with Crippen molar-refractivity contribution in [2.45, 2.75) is 431 Å². The van der Waals surface area contributed by atoms with Gasteiger partial charge in [0.2, 0.25) is 5.91 Å². The average Bonchev–Trinajstić information content (AvgIpc) is 3.49. The summed E-state index contributed by atoms with van der Waals surface area (Å²) in [7, 11) is 0. The summed E-state index contributed by atoms with van der Waals surface area (Å²) in [5, 5.41) is 23.2. The molecule has 0 rings (SSSR count). The third-order valence-electron chi connectivity index (χ3n) is 17.7. The van der Waals surface area contributed by atoms with Crippen LogP contribution in [0.1, 0.15) is 418 Å². The Morgan fingerprint density at radius 1 is 0.337 bits per heavy atom. The fourth-order valence-corrected chi connectivity index (χ4v) is 11.9. The van der Waals surface area contributed by atoms with Gasteiger partial charge >= 0.3 is 5.97 Å². The molecule has 0 aromatic heterocycles. The van der Waals surface area contributed by atoms with Crippen LogP contribution in [0.3, 0.4) is 0 Å². The molecule has 0 aliphatic heterocycles. The number of hydrogen-bond acceptors (Lipinski definition) is 5. The van der Waals surface area contributed by atoms with Gasteiger partial charge in [0, 0.05) is 12.8 Å². The summed E-state index contributed by atoms with van der Waals surface area (Å²) in [4.78, 5) is 24.6. The minimum absolute atomic E-state index is 0.0179. The summed E-state index contributed by atoms with van der Waals surface area (Å²) in [6.07, 6.45) is 93.9. The Kier molecular flexibility index (Phi) is 70.9. The first-order chi connectivity index (χ1) is 41.0. The molecule has 490 valence electrons.